The number of piperidine rings is 2. The van der Waals surface area contributed by atoms with Gasteiger partial charge in [0.05, 0.1) is 25.6 Å². The normalized spacial score (nSPS) is 17.5. The van der Waals surface area contributed by atoms with Crippen molar-refractivity contribution in [3.05, 3.63) is 71.8 Å². The van der Waals surface area contributed by atoms with Crippen molar-refractivity contribution in [2.24, 2.45) is 21.0 Å². The van der Waals surface area contributed by atoms with Crippen LogP contribution in [-0.4, -0.2) is 80.7 Å². The minimum Gasteiger partial charge on any atom is -0.497 e. The zero-order valence-corrected chi connectivity index (χ0v) is 29.9. The summed E-state index contributed by atoms with van der Waals surface area (Å²) in [7, 11) is 3.32. The van der Waals surface area contributed by atoms with Crippen LogP contribution in [0.1, 0.15) is 77.3 Å². The van der Waals surface area contributed by atoms with Crippen molar-refractivity contribution in [3.8, 4) is 11.5 Å². The van der Waals surface area contributed by atoms with E-state index in [1.165, 1.54) is 38.5 Å². The molecule has 9 heteroatoms. The third kappa shape index (κ3) is 11.6. The molecule has 2 aliphatic heterocycles. The highest BCUT2D eigenvalue weighted by atomic mass is 16.5. The van der Waals surface area contributed by atoms with E-state index in [1.54, 1.807) is 14.2 Å². The molecule has 2 amide bonds. The average molecular weight is 657 g/mol. The summed E-state index contributed by atoms with van der Waals surface area (Å²) in [6.45, 7) is 14.8. The molecule has 0 bridgehead atoms. The minimum absolute atomic E-state index is 0.306. The highest BCUT2D eigenvalue weighted by Gasteiger charge is 2.29. The Morgan fingerprint density at radius 2 is 1.00 bits per heavy atom. The summed E-state index contributed by atoms with van der Waals surface area (Å²) in [4.78, 5) is 18.2. The van der Waals surface area contributed by atoms with Crippen molar-refractivity contribution in [2.75, 3.05) is 53.5 Å². The lowest BCUT2D eigenvalue weighted by Gasteiger charge is -2.35. The number of benzene rings is 2. The van der Waals surface area contributed by atoms with Gasteiger partial charge in [0.15, 0.2) is 0 Å². The molecule has 0 radical (unpaired) electrons. The van der Waals surface area contributed by atoms with E-state index in [2.05, 4.69) is 58.5 Å². The SMILES string of the molecule is COc1ccc(/C=C/C(=N/NC(=O)N/N=C(\C=C\c2ccc(OC)cc2)C(C)(C)CN2CCCCC2)C(C)(C)CN2CCCCC2)cc1. The quantitative estimate of drug-likeness (QED) is 0.163. The standard InChI is InChI=1S/C39H56N6O3/c1-38(2,29-44-25-9-7-10-26-44)35(23-17-31-13-19-33(47-5)20-14-31)40-42-37(46)43-41-36(24-18-32-15-21-34(48-6)22-16-32)39(3,4)30-45-27-11-8-12-28-45/h13-24H,7-12,25-30H2,1-6H3,(H2,42,43,46)/b23-17+,24-18+,40-35-,41-36+. The number of carbonyl (C=O) groups is 1. The number of nitrogens with zero attached hydrogens (tertiary/aromatic N) is 4. The molecule has 0 saturated carbocycles. The lowest BCUT2D eigenvalue weighted by molar-refractivity contribution is 0.186. The van der Waals surface area contributed by atoms with Crippen LogP contribution >= 0.6 is 0 Å². The number of carbonyl (C=O) groups excluding carboxylic acids is 1. The molecule has 2 aromatic carbocycles. The fourth-order valence-electron chi connectivity index (χ4n) is 6.37. The van der Waals surface area contributed by atoms with E-state index in [-0.39, 0.29) is 10.8 Å². The van der Waals surface area contributed by atoms with E-state index in [1.807, 2.05) is 72.8 Å². The van der Waals surface area contributed by atoms with Gasteiger partial charge in [-0.05, 0) is 99.4 Å². The molecular formula is C39H56N6O3. The van der Waals surface area contributed by atoms with Crippen molar-refractivity contribution in [2.45, 2.75) is 66.2 Å². The maximum Gasteiger partial charge on any atom is 0.355 e. The van der Waals surface area contributed by atoms with Crippen LogP contribution in [0.3, 0.4) is 0 Å². The molecule has 4 rings (SSSR count). The van der Waals surface area contributed by atoms with E-state index < -0.39 is 6.03 Å². The van der Waals surface area contributed by atoms with Crippen LogP contribution in [0.15, 0.2) is 70.9 Å². The summed E-state index contributed by atoms with van der Waals surface area (Å²) in [5.41, 5.74) is 8.50. The molecule has 0 aromatic heterocycles. The van der Waals surface area contributed by atoms with Gasteiger partial charge in [0.1, 0.15) is 11.5 Å². The number of rotatable bonds is 14. The summed E-state index contributed by atoms with van der Waals surface area (Å²) in [6.07, 6.45) is 15.5. The molecular weight excluding hydrogens is 600 g/mol. The van der Waals surface area contributed by atoms with Crippen molar-refractivity contribution < 1.29 is 14.3 Å². The number of hydrazone groups is 2. The van der Waals surface area contributed by atoms with Crippen molar-refractivity contribution in [1.82, 2.24) is 20.7 Å². The zero-order valence-electron chi connectivity index (χ0n) is 29.9. The van der Waals surface area contributed by atoms with Gasteiger partial charge < -0.3 is 19.3 Å². The molecule has 9 nitrogen and oxygen atoms in total. The zero-order chi connectivity index (χ0) is 34.4. The fourth-order valence-corrected chi connectivity index (χ4v) is 6.37. The Balaban J connectivity index is 1.53. The van der Waals surface area contributed by atoms with Gasteiger partial charge >= 0.3 is 6.03 Å². The first-order valence-corrected chi connectivity index (χ1v) is 17.4. The van der Waals surface area contributed by atoms with Crippen LogP contribution < -0.4 is 20.3 Å². The number of nitrogens with one attached hydrogen (secondary N) is 2. The topological polar surface area (TPSA) is 90.8 Å². The molecule has 2 heterocycles. The predicted octanol–water partition coefficient (Wildman–Crippen LogP) is 7.47. The van der Waals surface area contributed by atoms with Crippen molar-refractivity contribution in [1.29, 1.82) is 0 Å². The van der Waals surface area contributed by atoms with Gasteiger partial charge in [-0.15, -0.1) is 0 Å². The minimum atomic E-state index is -0.483. The molecule has 0 spiro atoms. The van der Waals surface area contributed by atoms with Crippen LogP contribution in [0.25, 0.3) is 12.2 Å². The molecule has 0 atom stereocenters. The Kier molecular flexibility index (Phi) is 13.8. The van der Waals surface area contributed by atoms with Crippen molar-refractivity contribution >= 4 is 29.6 Å². The Bertz CT molecular complexity index is 1310. The number of allylic oxidation sites excluding steroid dienone is 2. The highest BCUT2D eigenvalue weighted by molar-refractivity contribution is 6.03. The van der Waals surface area contributed by atoms with Crippen LogP contribution in [-0.2, 0) is 0 Å². The Morgan fingerprint density at radius 1 is 0.646 bits per heavy atom. The van der Waals surface area contributed by atoms with Gasteiger partial charge in [0, 0.05) is 23.9 Å². The molecule has 2 aliphatic rings. The van der Waals surface area contributed by atoms with E-state index in [0.717, 1.165) is 73.3 Å². The first kappa shape index (κ1) is 36.9. The summed E-state index contributed by atoms with van der Waals surface area (Å²) in [5, 5.41) is 9.32. The molecule has 260 valence electrons. The molecule has 0 unspecified atom stereocenters. The van der Waals surface area contributed by atoms with Gasteiger partial charge in [-0.3, -0.25) is 0 Å². The fraction of sp³-hybridized carbons (Fsp3) is 0.513. The molecule has 2 aromatic rings. The maximum atomic E-state index is 13.2. The molecule has 2 saturated heterocycles. The second-order valence-electron chi connectivity index (χ2n) is 14.2. The van der Waals surface area contributed by atoms with Crippen molar-refractivity contribution in [3.63, 3.8) is 0 Å². The number of likely N-dealkylation sites (tertiary alicyclic amines) is 2. The largest absolute Gasteiger partial charge is 0.497 e. The molecule has 0 aliphatic carbocycles. The summed E-state index contributed by atoms with van der Waals surface area (Å²) >= 11 is 0. The number of hydrogen-bond donors (Lipinski definition) is 2. The monoisotopic (exact) mass is 656 g/mol. The first-order valence-electron chi connectivity index (χ1n) is 17.4. The number of hydrogen-bond acceptors (Lipinski definition) is 7. The Morgan fingerprint density at radius 3 is 1.33 bits per heavy atom. The van der Waals surface area contributed by atoms with Gasteiger partial charge in [-0.2, -0.15) is 10.2 Å². The first-order chi connectivity index (χ1) is 23.1. The number of urea groups is 1. The summed E-state index contributed by atoms with van der Waals surface area (Å²) in [6, 6.07) is 15.3. The highest BCUT2D eigenvalue weighted by Crippen LogP contribution is 2.25. The number of methoxy groups -OCH3 is 2. The molecule has 2 N–H and O–H groups in total. The van der Waals surface area contributed by atoms with Gasteiger partial charge in [0.25, 0.3) is 0 Å². The lowest BCUT2D eigenvalue weighted by atomic mass is 9.85. The van der Waals surface area contributed by atoms with E-state index >= 15 is 0 Å². The van der Waals surface area contributed by atoms with Crippen LogP contribution in [0.4, 0.5) is 4.79 Å². The Hall–Kier alpha value is -3.95. The summed E-state index contributed by atoms with van der Waals surface area (Å²) in [5.74, 6) is 1.62. The van der Waals surface area contributed by atoms with E-state index in [4.69, 9.17) is 9.47 Å². The number of ether oxygens (including phenoxy) is 2. The second kappa shape index (κ2) is 18.0. The summed E-state index contributed by atoms with van der Waals surface area (Å²) < 4.78 is 10.6. The van der Waals surface area contributed by atoms with Gasteiger partial charge in [-0.1, -0.05) is 77.0 Å². The third-order valence-corrected chi connectivity index (χ3v) is 9.18. The van der Waals surface area contributed by atoms with Crippen LogP contribution in [0, 0.1) is 10.8 Å². The average Bonchev–Trinajstić information content (AvgIpc) is 3.09. The van der Waals surface area contributed by atoms with Gasteiger partial charge in [0.2, 0.25) is 0 Å². The van der Waals surface area contributed by atoms with Gasteiger partial charge in [-0.25, -0.2) is 15.6 Å². The maximum absolute atomic E-state index is 13.2. The predicted molar refractivity (Wildman–Crippen MR) is 199 cm³/mol. The van der Waals surface area contributed by atoms with E-state index in [0.29, 0.717) is 0 Å². The number of amides is 2. The lowest BCUT2D eigenvalue weighted by Crippen LogP contribution is -2.43. The van der Waals surface area contributed by atoms with Crippen LogP contribution in [0.2, 0.25) is 0 Å². The Labute approximate surface area is 288 Å². The second-order valence-corrected chi connectivity index (χ2v) is 14.2. The molecule has 48 heavy (non-hydrogen) atoms. The van der Waals surface area contributed by atoms with E-state index in [9.17, 15) is 4.79 Å². The third-order valence-electron chi connectivity index (χ3n) is 9.18. The molecule has 2 fully saturated rings. The smallest absolute Gasteiger partial charge is 0.355 e. The van der Waals surface area contributed by atoms with Crippen LogP contribution in [0.5, 0.6) is 11.5 Å².